The molecule has 2 atom stereocenters. The van der Waals surface area contributed by atoms with Gasteiger partial charge in [-0.1, -0.05) is 30.3 Å². The van der Waals surface area contributed by atoms with Crippen LogP contribution in [0.4, 0.5) is 4.79 Å². The van der Waals surface area contributed by atoms with Crippen LogP contribution >= 0.6 is 0 Å². The van der Waals surface area contributed by atoms with E-state index in [4.69, 9.17) is 9.84 Å². The first-order chi connectivity index (χ1) is 11.6. The molecule has 1 aromatic carbocycles. The Bertz CT molecular complexity index is 595. The fourth-order valence-electron chi connectivity index (χ4n) is 2.05. The lowest BCUT2D eigenvalue weighted by molar-refractivity contribution is -0.141. The molecule has 2 amide bonds. The Morgan fingerprint density at radius 3 is 2.24 bits per heavy atom. The van der Waals surface area contributed by atoms with Crippen molar-refractivity contribution in [1.29, 1.82) is 0 Å². The first kappa shape index (κ1) is 20.5. The van der Waals surface area contributed by atoms with Crippen molar-refractivity contribution >= 4 is 18.0 Å². The summed E-state index contributed by atoms with van der Waals surface area (Å²) in [7, 11) is 0. The Labute approximate surface area is 147 Å². The van der Waals surface area contributed by atoms with Crippen LogP contribution in [-0.4, -0.2) is 40.8 Å². The van der Waals surface area contributed by atoms with Crippen LogP contribution in [0, 0.1) is 0 Å². The minimum atomic E-state index is -1.15. The van der Waals surface area contributed by atoms with Crippen LogP contribution in [0.1, 0.15) is 39.7 Å². The molecule has 0 bridgehead atoms. The van der Waals surface area contributed by atoms with Crippen molar-refractivity contribution in [3.05, 3.63) is 35.9 Å². The molecule has 7 nitrogen and oxygen atoms in total. The standard InChI is InChI=1S/C18H26N2O5/c1-12(16(22)23)19-15(21)14(20-17(24)25-18(2,3)4)11-10-13-8-6-5-7-9-13/h5-9,12,14H,10-11H2,1-4H3,(H,19,21)(H,20,24)(H,22,23). The van der Waals surface area contributed by atoms with Crippen molar-refractivity contribution in [2.45, 2.75) is 58.2 Å². The predicted octanol–water partition coefficient (Wildman–Crippen LogP) is 2.10. The van der Waals surface area contributed by atoms with E-state index in [9.17, 15) is 14.4 Å². The monoisotopic (exact) mass is 350 g/mol. The Kier molecular flexibility index (Phi) is 7.42. The highest BCUT2D eigenvalue weighted by atomic mass is 16.6. The molecule has 0 saturated heterocycles. The maximum Gasteiger partial charge on any atom is 0.408 e. The van der Waals surface area contributed by atoms with Gasteiger partial charge in [0.25, 0.3) is 0 Å². The number of carbonyl (C=O) groups is 3. The number of hydrogen-bond donors (Lipinski definition) is 3. The molecule has 0 aliphatic heterocycles. The largest absolute Gasteiger partial charge is 0.480 e. The SMILES string of the molecule is CC(NC(=O)C(CCc1ccccc1)NC(=O)OC(C)(C)C)C(=O)O. The number of carboxylic acids is 1. The molecule has 7 heteroatoms. The normalized spacial score (nSPS) is 13.4. The molecule has 0 spiro atoms. The van der Waals surface area contributed by atoms with Crippen LogP contribution in [0.2, 0.25) is 0 Å². The topological polar surface area (TPSA) is 105 Å². The number of hydrogen-bond acceptors (Lipinski definition) is 4. The van der Waals surface area contributed by atoms with Gasteiger partial charge in [0.2, 0.25) is 5.91 Å². The van der Waals surface area contributed by atoms with Crippen molar-refractivity contribution in [2.24, 2.45) is 0 Å². The molecule has 0 aliphatic rings. The number of ether oxygens (including phenoxy) is 1. The molecule has 25 heavy (non-hydrogen) atoms. The van der Waals surface area contributed by atoms with E-state index < -0.39 is 35.7 Å². The van der Waals surface area contributed by atoms with Gasteiger partial charge < -0.3 is 20.5 Å². The number of benzene rings is 1. The summed E-state index contributed by atoms with van der Waals surface area (Å²) in [6.45, 7) is 6.52. The first-order valence-corrected chi connectivity index (χ1v) is 8.15. The second kappa shape index (κ2) is 9.05. The zero-order chi connectivity index (χ0) is 19.0. The summed E-state index contributed by atoms with van der Waals surface area (Å²) in [5, 5.41) is 13.8. The van der Waals surface area contributed by atoms with E-state index in [1.807, 2.05) is 30.3 Å². The predicted molar refractivity (Wildman–Crippen MR) is 93.2 cm³/mol. The van der Waals surface area contributed by atoms with E-state index >= 15 is 0 Å². The van der Waals surface area contributed by atoms with Gasteiger partial charge in [-0.25, -0.2) is 4.79 Å². The quantitative estimate of drug-likeness (QED) is 0.698. The number of amides is 2. The number of carbonyl (C=O) groups excluding carboxylic acids is 2. The fraction of sp³-hybridized carbons (Fsp3) is 0.500. The minimum Gasteiger partial charge on any atom is -0.480 e. The Hall–Kier alpha value is -2.57. The first-order valence-electron chi connectivity index (χ1n) is 8.15. The van der Waals surface area contributed by atoms with Crippen molar-refractivity contribution in [1.82, 2.24) is 10.6 Å². The number of nitrogens with one attached hydrogen (secondary N) is 2. The Morgan fingerprint density at radius 2 is 1.72 bits per heavy atom. The maximum absolute atomic E-state index is 12.3. The van der Waals surface area contributed by atoms with Gasteiger partial charge in [0.15, 0.2) is 0 Å². The van der Waals surface area contributed by atoms with Gasteiger partial charge in [-0.3, -0.25) is 9.59 Å². The smallest absolute Gasteiger partial charge is 0.408 e. The second-order valence-corrected chi connectivity index (χ2v) is 6.79. The number of aliphatic carboxylic acids is 1. The number of aryl methyl sites for hydroxylation is 1. The van der Waals surface area contributed by atoms with Crippen LogP contribution in [0.5, 0.6) is 0 Å². The van der Waals surface area contributed by atoms with Crippen LogP contribution < -0.4 is 10.6 Å². The zero-order valence-electron chi connectivity index (χ0n) is 15.0. The molecule has 0 radical (unpaired) electrons. The molecule has 0 aromatic heterocycles. The number of carboxylic acid groups (broad SMARTS) is 1. The van der Waals surface area contributed by atoms with Gasteiger partial charge in [-0.15, -0.1) is 0 Å². The molecule has 3 N–H and O–H groups in total. The van der Waals surface area contributed by atoms with Crippen molar-refractivity contribution < 1.29 is 24.2 Å². The van der Waals surface area contributed by atoms with Crippen molar-refractivity contribution in [2.75, 3.05) is 0 Å². The summed E-state index contributed by atoms with van der Waals surface area (Å²) >= 11 is 0. The molecule has 0 heterocycles. The molecule has 1 aromatic rings. The third-order valence-corrected chi connectivity index (χ3v) is 3.30. The zero-order valence-corrected chi connectivity index (χ0v) is 15.0. The highest BCUT2D eigenvalue weighted by molar-refractivity contribution is 5.89. The number of rotatable bonds is 7. The van der Waals surface area contributed by atoms with Gasteiger partial charge in [-0.05, 0) is 46.1 Å². The molecule has 0 saturated carbocycles. The summed E-state index contributed by atoms with van der Waals surface area (Å²) in [4.78, 5) is 35.2. The summed E-state index contributed by atoms with van der Waals surface area (Å²) < 4.78 is 5.18. The summed E-state index contributed by atoms with van der Waals surface area (Å²) in [6.07, 6.45) is 0.154. The van der Waals surface area contributed by atoms with Crippen LogP contribution in [0.25, 0.3) is 0 Å². The third kappa shape index (κ3) is 8.19. The van der Waals surface area contributed by atoms with Crippen LogP contribution in [-0.2, 0) is 20.7 Å². The van der Waals surface area contributed by atoms with Gasteiger partial charge >= 0.3 is 12.1 Å². The van der Waals surface area contributed by atoms with E-state index in [1.165, 1.54) is 6.92 Å². The van der Waals surface area contributed by atoms with Gasteiger partial charge in [0, 0.05) is 0 Å². The van der Waals surface area contributed by atoms with Gasteiger partial charge in [-0.2, -0.15) is 0 Å². The molecular weight excluding hydrogens is 324 g/mol. The van der Waals surface area contributed by atoms with Crippen molar-refractivity contribution in [3.8, 4) is 0 Å². The Morgan fingerprint density at radius 1 is 1.12 bits per heavy atom. The van der Waals surface area contributed by atoms with E-state index in [-0.39, 0.29) is 0 Å². The molecule has 2 unspecified atom stereocenters. The average Bonchev–Trinajstić information content (AvgIpc) is 2.50. The summed E-state index contributed by atoms with van der Waals surface area (Å²) in [6, 6.07) is 7.56. The van der Waals surface area contributed by atoms with E-state index in [1.54, 1.807) is 20.8 Å². The Balaban J connectivity index is 2.76. The van der Waals surface area contributed by atoms with E-state index in [0.29, 0.717) is 12.8 Å². The third-order valence-electron chi connectivity index (χ3n) is 3.30. The highest BCUT2D eigenvalue weighted by Gasteiger charge is 2.26. The summed E-state index contributed by atoms with van der Waals surface area (Å²) in [5.41, 5.74) is 0.316. The number of alkyl carbamates (subject to hydrolysis) is 1. The molecule has 1 rings (SSSR count). The van der Waals surface area contributed by atoms with Crippen LogP contribution in [0.15, 0.2) is 30.3 Å². The molecule has 138 valence electrons. The molecule has 0 aliphatic carbocycles. The second-order valence-electron chi connectivity index (χ2n) is 6.79. The molecule has 0 fully saturated rings. The minimum absolute atomic E-state index is 0.321. The van der Waals surface area contributed by atoms with Gasteiger partial charge in [0.05, 0.1) is 0 Å². The fourth-order valence-corrected chi connectivity index (χ4v) is 2.05. The van der Waals surface area contributed by atoms with E-state index in [2.05, 4.69) is 10.6 Å². The van der Waals surface area contributed by atoms with Crippen LogP contribution in [0.3, 0.4) is 0 Å². The van der Waals surface area contributed by atoms with E-state index in [0.717, 1.165) is 5.56 Å². The van der Waals surface area contributed by atoms with Crippen molar-refractivity contribution in [3.63, 3.8) is 0 Å². The lowest BCUT2D eigenvalue weighted by Gasteiger charge is -2.24. The average molecular weight is 350 g/mol. The molecular formula is C18H26N2O5. The maximum atomic E-state index is 12.3. The lowest BCUT2D eigenvalue weighted by Crippen LogP contribution is -2.51. The lowest BCUT2D eigenvalue weighted by atomic mass is 10.0. The highest BCUT2D eigenvalue weighted by Crippen LogP contribution is 2.09. The van der Waals surface area contributed by atoms with Gasteiger partial charge in [0.1, 0.15) is 17.7 Å². The summed E-state index contributed by atoms with van der Waals surface area (Å²) in [5.74, 6) is -1.70.